The van der Waals surface area contributed by atoms with E-state index in [-0.39, 0.29) is 30.9 Å². The lowest BCUT2D eigenvalue weighted by atomic mass is 10.1. The third-order valence-corrected chi connectivity index (χ3v) is 4.32. The molecular formula is C22H29N3O3. The Balaban J connectivity index is 1.68. The van der Waals surface area contributed by atoms with Crippen molar-refractivity contribution < 1.29 is 14.3 Å². The minimum atomic E-state index is -0.169. The van der Waals surface area contributed by atoms with Crippen molar-refractivity contribution in [1.29, 1.82) is 0 Å². The minimum Gasteiger partial charge on any atom is -0.497 e. The molecule has 0 bridgehead atoms. The maximum Gasteiger partial charge on any atom is 0.238 e. The summed E-state index contributed by atoms with van der Waals surface area (Å²) in [5.41, 5.74) is 1.95. The fraction of sp³-hybridized carbons (Fsp3) is 0.364. The van der Waals surface area contributed by atoms with Crippen LogP contribution in [-0.4, -0.2) is 50.0 Å². The average molecular weight is 383 g/mol. The van der Waals surface area contributed by atoms with Crippen LogP contribution in [0.4, 0.5) is 5.69 Å². The van der Waals surface area contributed by atoms with Gasteiger partial charge in [-0.1, -0.05) is 30.3 Å². The lowest BCUT2D eigenvalue weighted by Gasteiger charge is -2.19. The molecule has 1 atom stereocenters. The third-order valence-electron chi connectivity index (χ3n) is 4.32. The van der Waals surface area contributed by atoms with Gasteiger partial charge in [0.1, 0.15) is 5.75 Å². The normalized spacial score (nSPS) is 11.7. The van der Waals surface area contributed by atoms with Crippen molar-refractivity contribution in [2.45, 2.75) is 25.8 Å². The van der Waals surface area contributed by atoms with E-state index in [0.717, 1.165) is 18.6 Å². The fourth-order valence-electron chi connectivity index (χ4n) is 2.84. The van der Waals surface area contributed by atoms with Crippen LogP contribution in [-0.2, 0) is 16.0 Å². The van der Waals surface area contributed by atoms with Crippen molar-refractivity contribution in [3.05, 3.63) is 60.2 Å². The van der Waals surface area contributed by atoms with Crippen LogP contribution in [0.25, 0.3) is 0 Å². The molecule has 0 saturated heterocycles. The van der Waals surface area contributed by atoms with Gasteiger partial charge in [0, 0.05) is 11.7 Å². The molecule has 0 saturated carbocycles. The number of hydrogen-bond donors (Lipinski definition) is 2. The maximum absolute atomic E-state index is 12.2. The smallest absolute Gasteiger partial charge is 0.238 e. The van der Waals surface area contributed by atoms with Gasteiger partial charge in [-0.3, -0.25) is 14.5 Å². The second kappa shape index (κ2) is 11.1. The van der Waals surface area contributed by atoms with Crippen molar-refractivity contribution in [2.75, 3.05) is 32.6 Å². The van der Waals surface area contributed by atoms with Gasteiger partial charge in [-0.15, -0.1) is 0 Å². The minimum absolute atomic E-state index is 0.0780. The predicted molar refractivity (Wildman–Crippen MR) is 111 cm³/mol. The van der Waals surface area contributed by atoms with Crippen LogP contribution >= 0.6 is 0 Å². The number of carbonyl (C=O) groups is 2. The second-order valence-electron chi connectivity index (χ2n) is 6.94. The van der Waals surface area contributed by atoms with Gasteiger partial charge in [0.2, 0.25) is 11.8 Å². The molecule has 0 spiro atoms. The Morgan fingerprint density at radius 2 is 1.64 bits per heavy atom. The highest BCUT2D eigenvalue weighted by molar-refractivity contribution is 5.92. The van der Waals surface area contributed by atoms with Crippen LogP contribution < -0.4 is 15.4 Å². The molecule has 0 radical (unpaired) electrons. The number of nitrogens with zero attached hydrogens (tertiary/aromatic N) is 1. The van der Waals surface area contributed by atoms with Crippen molar-refractivity contribution in [3.8, 4) is 5.75 Å². The highest BCUT2D eigenvalue weighted by atomic mass is 16.5. The molecule has 2 rings (SSSR count). The molecule has 2 amide bonds. The number of ether oxygens (including phenoxy) is 1. The van der Waals surface area contributed by atoms with E-state index in [1.807, 2.05) is 25.1 Å². The molecule has 150 valence electrons. The molecule has 2 N–H and O–H groups in total. The summed E-state index contributed by atoms with van der Waals surface area (Å²) in [7, 11) is 3.35. The molecule has 6 heteroatoms. The zero-order valence-corrected chi connectivity index (χ0v) is 16.8. The first-order valence-corrected chi connectivity index (χ1v) is 9.42. The quantitative estimate of drug-likeness (QED) is 0.662. The number of likely N-dealkylation sites (N-methyl/N-ethyl adjacent to an activating group) is 1. The fourth-order valence-corrected chi connectivity index (χ4v) is 2.84. The molecule has 0 heterocycles. The lowest BCUT2D eigenvalue weighted by Crippen LogP contribution is -2.42. The van der Waals surface area contributed by atoms with E-state index in [4.69, 9.17) is 4.74 Å². The van der Waals surface area contributed by atoms with E-state index in [9.17, 15) is 9.59 Å². The van der Waals surface area contributed by atoms with Crippen molar-refractivity contribution >= 4 is 17.5 Å². The van der Waals surface area contributed by atoms with Crippen molar-refractivity contribution in [1.82, 2.24) is 10.2 Å². The maximum atomic E-state index is 12.2. The highest BCUT2D eigenvalue weighted by Gasteiger charge is 2.13. The van der Waals surface area contributed by atoms with E-state index in [1.165, 1.54) is 5.56 Å². The Kier molecular flexibility index (Phi) is 8.49. The topological polar surface area (TPSA) is 70.7 Å². The largest absolute Gasteiger partial charge is 0.497 e. The van der Waals surface area contributed by atoms with Crippen LogP contribution in [0.15, 0.2) is 54.6 Å². The summed E-state index contributed by atoms with van der Waals surface area (Å²) in [6.07, 6.45) is 1.79. The molecule has 0 fully saturated rings. The van der Waals surface area contributed by atoms with Gasteiger partial charge < -0.3 is 15.4 Å². The Labute approximate surface area is 166 Å². The van der Waals surface area contributed by atoms with E-state index >= 15 is 0 Å². The van der Waals surface area contributed by atoms with Gasteiger partial charge in [0.05, 0.1) is 20.2 Å². The van der Waals surface area contributed by atoms with Crippen LogP contribution in [0.3, 0.4) is 0 Å². The molecule has 0 aliphatic carbocycles. The molecule has 6 nitrogen and oxygen atoms in total. The van der Waals surface area contributed by atoms with Crippen LogP contribution in [0.5, 0.6) is 5.75 Å². The van der Waals surface area contributed by atoms with Crippen LogP contribution in [0, 0.1) is 0 Å². The lowest BCUT2D eigenvalue weighted by molar-refractivity contribution is -0.123. The monoisotopic (exact) mass is 383 g/mol. The molecule has 0 aliphatic rings. The first-order valence-electron chi connectivity index (χ1n) is 9.42. The first kappa shape index (κ1) is 21.4. The predicted octanol–water partition coefficient (Wildman–Crippen LogP) is 2.70. The first-order chi connectivity index (χ1) is 13.5. The van der Waals surface area contributed by atoms with Gasteiger partial charge in [0.15, 0.2) is 0 Å². The number of aryl methyl sites for hydroxylation is 1. The number of amides is 2. The summed E-state index contributed by atoms with van der Waals surface area (Å²) in [6.45, 7) is 2.31. The molecule has 0 aliphatic heterocycles. The molecular weight excluding hydrogens is 354 g/mol. The van der Waals surface area contributed by atoms with Gasteiger partial charge in [-0.2, -0.15) is 0 Å². The summed E-state index contributed by atoms with van der Waals surface area (Å²) in [6, 6.07) is 17.4. The summed E-state index contributed by atoms with van der Waals surface area (Å²) in [5, 5.41) is 5.80. The van der Waals surface area contributed by atoms with E-state index in [0.29, 0.717) is 5.69 Å². The highest BCUT2D eigenvalue weighted by Crippen LogP contribution is 2.14. The number of hydrogen-bond acceptors (Lipinski definition) is 4. The summed E-state index contributed by atoms with van der Waals surface area (Å²) < 4.78 is 5.09. The average Bonchev–Trinajstić information content (AvgIpc) is 2.67. The number of benzene rings is 2. The van der Waals surface area contributed by atoms with E-state index < -0.39 is 0 Å². The summed E-state index contributed by atoms with van der Waals surface area (Å²) >= 11 is 0. The molecule has 0 aromatic heterocycles. The molecule has 2 aromatic rings. The van der Waals surface area contributed by atoms with E-state index in [2.05, 4.69) is 22.8 Å². The van der Waals surface area contributed by atoms with E-state index in [1.54, 1.807) is 43.3 Å². The molecule has 1 unspecified atom stereocenters. The summed E-state index contributed by atoms with van der Waals surface area (Å²) in [5.74, 6) is 0.478. The van der Waals surface area contributed by atoms with Crippen molar-refractivity contribution in [2.24, 2.45) is 0 Å². The van der Waals surface area contributed by atoms with Gasteiger partial charge in [0.25, 0.3) is 0 Å². The Bertz CT molecular complexity index is 747. The molecule has 28 heavy (non-hydrogen) atoms. The standard InChI is InChI=1S/C22H29N3O3/c1-17(9-10-18-7-5-4-6-8-18)23-21(26)15-25(2)16-22(27)24-19-11-13-20(28-3)14-12-19/h4-8,11-14,17H,9-10,15-16H2,1-3H3,(H,23,26)(H,24,27). The zero-order valence-electron chi connectivity index (χ0n) is 16.8. The number of rotatable bonds is 10. The third kappa shape index (κ3) is 7.80. The second-order valence-corrected chi connectivity index (χ2v) is 6.94. The number of anilines is 1. The SMILES string of the molecule is COc1ccc(NC(=O)CN(C)CC(=O)NC(C)CCc2ccccc2)cc1. The Hall–Kier alpha value is -2.86. The van der Waals surface area contributed by atoms with Gasteiger partial charge in [-0.05, 0) is 56.6 Å². The van der Waals surface area contributed by atoms with Crippen LogP contribution in [0.1, 0.15) is 18.9 Å². The van der Waals surface area contributed by atoms with Gasteiger partial charge in [-0.25, -0.2) is 0 Å². The van der Waals surface area contributed by atoms with Gasteiger partial charge >= 0.3 is 0 Å². The number of methoxy groups -OCH3 is 1. The number of nitrogens with one attached hydrogen (secondary N) is 2. The Morgan fingerprint density at radius 1 is 1.00 bits per heavy atom. The summed E-state index contributed by atoms with van der Waals surface area (Å²) in [4.78, 5) is 26.0. The number of carbonyl (C=O) groups excluding carboxylic acids is 2. The van der Waals surface area contributed by atoms with Crippen molar-refractivity contribution in [3.63, 3.8) is 0 Å². The Morgan fingerprint density at radius 3 is 2.29 bits per heavy atom. The zero-order chi connectivity index (χ0) is 20.4. The molecule has 2 aromatic carbocycles. The van der Waals surface area contributed by atoms with Crippen LogP contribution in [0.2, 0.25) is 0 Å².